The lowest BCUT2D eigenvalue weighted by Gasteiger charge is -2.57. The summed E-state index contributed by atoms with van der Waals surface area (Å²) in [5.41, 5.74) is 2.62. The Morgan fingerprint density at radius 1 is 1.11 bits per heavy atom. The molecule has 0 aromatic carbocycles. The average molecular weight is 367 g/mol. The molecule has 7 aliphatic rings. The van der Waals surface area contributed by atoms with Crippen LogP contribution in [0.15, 0.2) is 16.8 Å². The summed E-state index contributed by atoms with van der Waals surface area (Å²) in [7, 11) is 0. The molecule has 4 nitrogen and oxygen atoms in total. The van der Waals surface area contributed by atoms with Crippen molar-refractivity contribution < 1.29 is 14.7 Å². The van der Waals surface area contributed by atoms with Crippen molar-refractivity contribution in [3.8, 4) is 0 Å². The number of carbonyl (C=O) groups excluding carboxylic acids is 1. The number of ether oxygens (including phenoxy) is 1. The monoisotopic (exact) mass is 367 g/mol. The molecule has 27 heavy (non-hydrogen) atoms. The van der Waals surface area contributed by atoms with E-state index in [-0.39, 0.29) is 17.0 Å². The van der Waals surface area contributed by atoms with Gasteiger partial charge in [0, 0.05) is 17.8 Å². The molecule has 1 saturated heterocycles. The second-order valence-electron chi connectivity index (χ2n) is 11.0. The van der Waals surface area contributed by atoms with Crippen molar-refractivity contribution in [1.29, 1.82) is 0 Å². The summed E-state index contributed by atoms with van der Waals surface area (Å²) in [6.45, 7) is 2.50. The minimum Gasteiger partial charge on any atom is -0.458 e. The highest BCUT2D eigenvalue weighted by Gasteiger charge is 2.80. The topological polar surface area (TPSA) is 58.9 Å². The molecule has 6 aliphatic carbocycles. The maximum atomic E-state index is 12.1. The highest BCUT2D eigenvalue weighted by atomic mass is 16.6. The molecule has 1 heterocycles. The number of hydrogen-bond donors (Lipinski definition) is 1. The Hall–Kier alpha value is -1.32. The van der Waals surface area contributed by atoms with Gasteiger partial charge in [0.2, 0.25) is 0 Å². The van der Waals surface area contributed by atoms with Crippen molar-refractivity contribution in [2.75, 3.05) is 0 Å². The van der Waals surface area contributed by atoms with Gasteiger partial charge < -0.3 is 9.94 Å². The molecule has 4 heteroatoms. The summed E-state index contributed by atoms with van der Waals surface area (Å²) in [4.78, 5) is 12.1. The molecule has 0 aromatic heterocycles. The van der Waals surface area contributed by atoms with E-state index in [1.54, 1.807) is 5.57 Å². The zero-order valence-corrected chi connectivity index (χ0v) is 16.1. The van der Waals surface area contributed by atoms with Crippen molar-refractivity contribution in [1.82, 2.24) is 0 Å². The Morgan fingerprint density at radius 3 is 2.78 bits per heavy atom. The molecule has 144 valence electrons. The Bertz CT molecular complexity index is 816. The average Bonchev–Trinajstić information content (AvgIpc) is 3.58. The molecular weight excluding hydrogens is 338 g/mol. The van der Waals surface area contributed by atoms with Crippen LogP contribution >= 0.6 is 0 Å². The molecule has 0 amide bonds. The lowest BCUT2D eigenvalue weighted by atomic mass is 9.49. The number of oxime groups is 1. The van der Waals surface area contributed by atoms with Crippen LogP contribution in [0.4, 0.5) is 0 Å². The van der Waals surface area contributed by atoms with Gasteiger partial charge in [-0.05, 0) is 92.4 Å². The Balaban J connectivity index is 1.29. The van der Waals surface area contributed by atoms with E-state index >= 15 is 0 Å². The van der Waals surface area contributed by atoms with E-state index in [9.17, 15) is 10.0 Å². The second-order valence-corrected chi connectivity index (χ2v) is 11.0. The van der Waals surface area contributed by atoms with Crippen LogP contribution in [-0.2, 0) is 9.53 Å². The van der Waals surface area contributed by atoms with Crippen LogP contribution in [0.25, 0.3) is 0 Å². The molecule has 1 N–H and O–H groups in total. The minimum atomic E-state index is -0.117. The van der Waals surface area contributed by atoms with Gasteiger partial charge in [0.05, 0.1) is 5.71 Å². The molecule has 0 aromatic rings. The fraction of sp³-hybridized carbons (Fsp3) is 0.826. The molecule has 7 rings (SSSR count). The molecule has 9 unspecified atom stereocenters. The highest BCUT2D eigenvalue weighted by molar-refractivity contribution is 5.96. The third kappa shape index (κ3) is 1.65. The van der Waals surface area contributed by atoms with E-state index in [4.69, 9.17) is 4.74 Å². The standard InChI is InChI=1S/C23H29NO3/c1-22-6-4-13-12-3-2-11(24-26)8-14(12)15-9-16(15)20(13)21(22)17-10-18(17)23(22)7-5-19(25)27-23/h8,12-13,15-18,20-21,26H,2-7,9-10H2,1H3/b24-11+/t12?,13?,15?,16?,17?,18?,20?,21?,22?,23-/m0/s1. The maximum absolute atomic E-state index is 12.1. The van der Waals surface area contributed by atoms with Gasteiger partial charge in [-0.15, -0.1) is 0 Å². The number of esters is 1. The number of nitrogens with zero attached hydrogens (tertiary/aromatic N) is 1. The largest absolute Gasteiger partial charge is 0.458 e. The molecular formula is C23H29NO3. The fourth-order valence-electron chi connectivity index (χ4n) is 9.44. The van der Waals surface area contributed by atoms with Gasteiger partial charge in [0.25, 0.3) is 0 Å². The van der Waals surface area contributed by atoms with Crippen molar-refractivity contribution in [2.24, 2.45) is 57.9 Å². The molecule has 0 bridgehead atoms. The molecule has 1 aliphatic heterocycles. The molecule has 5 saturated carbocycles. The fourth-order valence-corrected chi connectivity index (χ4v) is 9.44. The van der Waals surface area contributed by atoms with Crippen molar-refractivity contribution >= 4 is 11.7 Å². The van der Waals surface area contributed by atoms with E-state index < -0.39 is 0 Å². The predicted octanol–water partition coefficient (Wildman–Crippen LogP) is 4.18. The van der Waals surface area contributed by atoms with Crippen LogP contribution in [0.1, 0.15) is 58.3 Å². The highest BCUT2D eigenvalue weighted by Crippen LogP contribution is 2.81. The summed E-state index contributed by atoms with van der Waals surface area (Å²) in [5.74, 6) is 6.27. The number of carbonyl (C=O) groups is 1. The summed E-state index contributed by atoms with van der Waals surface area (Å²) < 4.78 is 6.21. The van der Waals surface area contributed by atoms with Crippen LogP contribution in [0.5, 0.6) is 0 Å². The molecule has 0 radical (unpaired) electrons. The van der Waals surface area contributed by atoms with Gasteiger partial charge in [-0.1, -0.05) is 17.7 Å². The van der Waals surface area contributed by atoms with Crippen LogP contribution in [0.2, 0.25) is 0 Å². The first-order valence-electron chi connectivity index (χ1n) is 11.2. The first-order valence-corrected chi connectivity index (χ1v) is 11.2. The van der Waals surface area contributed by atoms with Gasteiger partial charge in [0.1, 0.15) is 5.60 Å². The lowest BCUT2D eigenvalue weighted by Crippen LogP contribution is -2.55. The third-order valence-electron chi connectivity index (χ3n) is 10.4. The van der Waals surface area contributed by atoms with Crippen LogP contribution < -0.4 is 0 Å². The SMILES string of the molecule is CC12CCC3C4CC/C(=N\O)C=C4C4CC4C3C1C1CC1[C@@]21CCC(=O)O1. The lowest BCUT2D eigenvalue weighted by molar-refractivity contribution is -0.174. The normalized spacial score (nSPS) is 60.7. The predicted molar refractivity (Wildman–Crippen MR) is 99.1 cm³/mol. The van der Waals surface area contributed by atoms with Crippen LogP contribution in [0.3, 0.4) is 0 Å². The van der Waals surface area contributed by atoms with Crippen molar-refractivity contribution in [3.63, 3.8) is 0 Å². The van der Waals surface area contributed by atoms with Gasteiger partial charge in [0.15, 0.2) is 0 Å². The van der Waals surface area contributed by atoms with Crippen molar-refractivity contribution in [3.05, 3.63) is 11.6 Å². The van der Waals surface area contributed by atoms with E-state index in [0.29, 0.717) is 18.3 Å². The van der Waals surface area contributed by atoms with E-state index in [2.05, 4.69) is 18.2 Å². The van der Waals surface area contributed by atoms with E-state index in [1.807, 2.05) is 0 Å². The summed E-state index contributed by atoms with van der Waals surface area (Å²) in [5, 5.41) is 12.8. The molecule has 10 atom stereocenters. The molecule has 1 spiro atoms. The van der Waals surface area contributed by atoms with Crippen LogP contribution in [0, 0.1) is 52.8 Å². The van der Waals surface area contributed by atoms with Crippen molar-refractivity contribution in [2.45, 2.75) is 63.9 Å². The van der Waals surface area contributed by atoms with E-state index in [0.717, 1.165) is 54.1 Å². The van der Waals surface area contributed by atoms with Gasteiger partial charge in [-0.25, -0.2) is 0 Å². The summed E-state index contributed by atoms with van der Waals surface area (Å²) >= 11 is 0. The number of hydrogen-bond acceptors (Lipinski definition) is 4. The third-order valence-corrected chi connectivity index (χ3v) is 10.4. The van der Waals surface area contributed by atoms with Crippen LogP contribution in [-0.4, -0.2) is 22.5 Å². The number of fused-ring (bicyclic) bond motifs is 12. The van der Waals surface area contributed by atoms with Gasteiger partial charge in [-0.3, -0.25) is 4.79 Å². The van der Waals surface area contributed by atoms with Gasteiger partial charge >= 0.3 is 5.97 Å². The Morgan fingerprint density at radius 2 is 2.00 bits per heavy atom. The zero-order valence-electron chi connectivity index (χ0n) is 16.1. The van der Waals surface area contributed by atoms with E-state index in [1.165, 1.54) is 32.1 Å². The number of allylic oxidation sites excluding steroid dienone is 2. The first-order chi connectivity index (χ1) is 13.1. The molecule has 6 fully saturated rings. The Labute approximate surface area is 160 Å². The smallest absolute Gasteiger partial charge is 0.306 e. The number of rotatable bonds is 0. The first kappa shape index (κ1) is 15.6. The quantitative estimate of drug-likeness (QED) is 0.397. The Kier molecular flexibility index (Phi) is 2.67. The zero-order chi connectivity index (χ0) is 18.1. The summed E-state index contributed by atoms with van der Waals surface area (Å²) in [6.07, 6.45) is 11.2. The maximum Gasteiger partial charge on any atom is 0.306 e. The van der Waals surface area contributed by atoms with Gasteiger partial charge in [-0.2, -0.15) is 0 Å². The summed E-state index contributed by atoms with van der Waals surface area (Å²) in [6, 6.07) is 0. The second kappa shape index (κ2) is 4.63. The minimum absolute atomic E-state index is 0.0610.